The molecule has 1 atom stereocenters. The van der Waals surface area contributed by atoms with E-state index >= 15 is 0 Å². The van der Waals surface area contributed by atoms with E-state index in [9.17, 15) is 5.11 Å². The fourth-order valence-corrected chi connectivity index (χ4v) is 3.83. The first-order valence-corrected chi connectivity index (χ1v) is 9.25. The number of aromatic nitrogens is 2. The molecule has 2 fully saturated rings. The van der Waals surface area contributed by atoms with Crippen LogP contribution in [0.5, 0.6) is 0 Å². The number of hydrogen-bond acceptors (Lipinski definition) is 5. The molecule has 2 N–H and O–H groups in total. The van der Waals surface area contributed by atoms with Gasteiger partial charge in [0.1, 0.15) is 18.0 Å². The Balaban J connectivity index is 1.39. The average molecular weight is 338 g/mol. The zero-order valence-corrected chi connectivity index (χ0v) is 14.6. The first-order chi connectivity index (χ1) is 12.3. The van der Waals surface area contributed by atoms with E-state index in [4.69, 9.17) is 0 Å². The molecule has 1 saturated heterocycles. The van der Waals surface area contributed by atoms with E-state index in [1.807, 2.05) is 6.07 Å². The maximum Gasteiger partial charge on any atom is 0.134 e. The highest BCUT2D eigenvalue weighted by molar-refractivity contribution is 5.50. The molecule has 1 aromatic carbocycles. The van der Waals surface area contributed by atoms with Crippen molar-refractivity contribution in [1.82, 2.24) is 9.97 Å². The molecule has 132 valence electrons. The van der Waals surface area contributed by atoms with E-state index in [0.29, 0.717) is 5.41 Å². The lowest BCUT2D eigenvalue weighted by Gasteiger charge is -2.24. The Morgan fingerprint density at radius 2 is 2.04 bits per heavy atom. The van der Waals surface area contributed by atoms with Gasteiger partial charge in [-0.3, -0.25) is 0 Å². The molecule has 4 rings (SSSR count). The van der Waals surface area contributed by atoms with Crippen LogP contribution in [0.4, 0.5) is 11.6 Å². The quantitative estimate of drug-likeness (QED) is 0.813. The van der Waals surface area contributed by atoms with Gasteiger partial charge in [-0.2, -0.15) is 0 Å². The summed E-state index contributed by atoms with van der Waals surface area (Å²) in [6.45, 7) is 2.09. The van der Waals surface area contributed by atoms with E-state index in [2.05, 4.69) is 50.5 Å². The Kier molecular flexibility index (Phi) is 4.57. The molecule has 5 nitrogen and oxygen atoms in total. The van der Waals surface area contributed by atoms with Gasteiger partial charge >= 0.3 is 0 Å². The molecule has 0 amide bonds. The number of nitrogens with one attached hydrogen (secondary N) is 1. The van der Waals surface area contributed by atoms with E-state index in [1.54, 1.807) is 6.33 Å². The van der Waals surface area contributed by atoms with Crippen molar-refractivity contribution in [1.29, 1.82) is 0 Å². The summed E-state index contributed by atoms with van der Waals surface area (Å²) >= 11 is 0. The summed E-state index contributed by atoms with van der Waals surface area (Å²) in [6, 6.07) is 12.9. The lowest BCUT2D eigenvalue weighted by molar-refractivity contribution is 0.266. The Labute approximate surface area is 149 Å². The van der Waals surface area contributed by atoms with Crippen molar-refractivity contribution in [2.24, 2.45) is 5.41 Å². The minimum absolute atomic E-state index is 0.187. The van der Waals surface area contributed by atoms with Gasteiger partial charge in [0.25, 0.3) is 0 Å². The number of nitrogens with zero attached hydrogens (tertiary/aromatic N) is 3. The zero-order valence-electron chi connectivity index (χ0n) is 14.6. The predicted molar refractivity (Wildman–Crippen MR) is 99.8 cm³/mol. The van der Waals surface area contributed by atoms with Crippen LogP contribution in [0, 0.1) is 5.41 Å². The Morgan fingerprint density at radius 1 is 1.20 bits per heavy atom. The molecule has 1 aliphatic heterocycles. The van der Waals surface area contributed by atoms with Crippen molar-refractivity contribution in [2.75, 3.05) is 29.9 Å². The lowest BCUT2D eigenvalue weighted by atomic mass is 9.96. The zero-order chi connectivity index (χ0) is 17.1. The third-order valence-corrected chi connectivity index (χ3v) is 5.56. The average Bonchev–Trinajstić information content (AvgIpc) is 3.25. The van der Waals surface area contributed by atoms with E-state index < -0.39 is 0 Å². The predicted octanol–water partition coefficient (Wildman–Crippen LogP) is 2.87. The van der Waals surface area contributed by atoms with Crippen LogP contribution in [-0.2, 0) is 6.42 Å². The lowest BCUT2D eigenvalue weighted by Crippen LogP contribution is -2.32. The molecule has 0 radical (unpaired) electrons. The SMILES string of the molecule is OCC1CCCN1c1cc(NCC2(Cc3ccccc3)CC2)ncn1. The monoisotopic (exact) mass is 338 g/mol. The normalized spacial score (nSPS) is 21.3. The van der Waals surface area contributed by atoms with Gasteiger partial charge in [-0.25, -0.2) is 9.97 Å². The number of rotatable bonds is 7. The standard InChI is InChI=1S/C20H26N4O/c25-13-17-7-4-10-24(17)19-11-18(22-15-23-19)21-14-20(8-9-20)12-16-5-2-1-3-6-16/h1-3,5-6,11,15,17,25H,4,7-10,12-14H2,(H,21,22,23). The molecule has 1 unspecified atom stereocenters. The van der Waals surface area contributed by atoms with Gasteiger partial charge in [-0.05, 0) is 43.1 Å². The molecule has 2 aliphatic rings. The van der Waals surface area contributed by atoms with Gasteiger partial charge in [-0.1, -0.05) is 30.3 Å². The summed E-state index contributed by atoms with van der Waals surface area (Å²) in [6.07, 6.45) is 7.43. The van der Waals surface area contributed by atoms with Gasteiger partial charge in [0.2, 0.25) is 0 Å². The number of benzene rings is 1. The summed E-state index contributed by atoms with van der Waals surface area (Å²) < 4.78 is 0. The summed E-state index contributed by atoms with van der Waals surface area (Å²) in [7, 11) is 0. The van der Waals surface area contributed by atoms with Crippen LogP contribution in [0.25, 0.3) is 0 Å². The van der Waals surface area contributed by atoms with Crippen LogP contribution in [0.2, 0.25) is 0 Å². The van der Waals surface area contributed by atoms with Crippen molar-refractivity contribution in [2.45, 2.75) is 38.1 Å². The van der Waals surface area contributed by atoms with Crippen molar-refractivity contribution in [3.8, 4) is 0 Å². The molecule has 0 spiro atoms. The summed E-state index contributed by atoms with van der Waals surface area (Å²) in [5, 5.41) is 13.0. The molecule has 2 aromatic rings. The van der Waals surface area contributed by atoms with E-state index in [0.717, 1.165) is 44.0 Å². The highest BCUT2D eigenvalue weighted by Crippen LogP contribution is 2.48. The van der Waals surface area contributed by atoms with Gasteiger partial charge in [0, 0.05) is 19.2 Å². The van der Waals surface area contributed by atoms with Gasteiger partial charge in [-0.15, -0.1) is 0 Å². The van der Waals surface area contributed by atoms with Crippen LogP contribution in [0.3, 0.4) is 0 Å². The summed E-state index contributed by atoms with van der Waals surface area (Å²) in [4.78, 5) is 11.0. The highest BCUT2D eigenvalue weighted by atomic mass is 16.3. The first kappa shape index (κ1) is 16.3. The molecule has 1 saturated carbocycles. The minimum Gasteiger partial charge on any atom is -0.394 e. The number of aliphatic hydroxyl groups is 1. The summed E-state index contributed by atoms with van der Waals surface area (Å²) in [5.41, 5.74) is 1.78. The third-order valence-electron chi connectivity index (χ3n) is 5.56. The van der Waals surface area contributed by atoms with Crippen molar-refractivity contribution in [3.05, 3.63) is 48.3 Å². The number of anilines is 2. The largest absolute Gasteiger partial charge is 0.394 e. The van der Waals surface area contributed by atoms with Crippen LogP contribution >= 0.6 is 0 Å². The van der Waals surface area contributed by atoms with Gasteiger partial charge in [0.05, 0.1) is 12.6 Å². The third kappa shape index (κ3) is 3.76. The molecule has 5 heteroatoms. The van der Waals surface area contributed by atoms with Crippen molar-refractivity contribution >= 4 is 11.6 Å². The Bertz CT molecular complexity index is 702. The smallest absolute Gasteiger partial charge is 0.134 e. The van der Waals surface area contributed by atoms with Crippen LogP contribution in [-0.4, -0.2) is 40.8 Å². The number of aliphatic hydroxyl groups excluding tert-OH is 1. The Hall–Kier alpha value is -2.14. The fraction of sp³-hybridized carbons (Fsp3) is 0.500. The maximum atomic E-state index is 9.52. The molecule has 1 aromatic heterocycles. The summed E-state index contributed by atoms with van der Waals surface area (Å²) in [5.74, 6) is 1.80. The highest BCUT2D eigenvalue weighted by Gasteiger charge is 2.42. The molecule has 25 heavy (non-hydrogen) atoms. The molecule has 1 aliphatic carbocycles. The Morgan fingerprint density at radius 3 is 2.80 bits per heavy atom. The molecule has 2 heterocycles. The fourth-order valence-electron chi connectivity index (χ4n) is 3.83. The number of hydrogen-bond donors (Lipinski definition) is 2. The van der Waals surface area contributed by atoms with Crippen molar-refractivity contribution < 1.29 is 5.11 Å². The topological polar surface area (TPSA) is 61.3 Å². The van der Waals surface area contributed by atoms with Gasteiger partial charge in [0.15, 0.2) is 0 Å². The van der Waals surface area contributed by atoms with Gasteiger partial charge < -0.3 is 15.3 Å². The second kappa shape index (κ2) is 7.00. The minimum atomic E-state index is 0.187. The van der Waals surface area contributed by atoms with Crippen LogP contribution in [0.1, 0.15) is 31.2 Å². The molecule has 0 bridgehead atoms. The van der Waals surface area contributed by atoms with E-state index in [1.165, 1.54) is 18.4 Å². The second-order valence-electron chi connectivity index (χ2n) is 7.45. The van der Waals surface area contributed by atoms with Crippen LogP contribution < -0.4 is 10.2 Å². The molecular weight excluding hydrogens is 312 g/mol. The molecular formula is C20H26N4O. The van der Waals surface area contributed by atoms with Crippen molar-refractivity contribution in [3.63, 3.8) is 0 Å². The van der Waals surface area contributed by atoms with Crippen LogP contribution in [0.15, 0.2) is 42.7 Å². The second-order valence-corrected chi connectivity index (χ2v) is 7.45. The first-order valence-electron chi connectivity index (χ1n) is 9.25. The maximum absolute atomic E-state index is 9.52. The van der Waals surface area contributed by atoms with E-state index in [-0.39, 0.29) is 12.6 Å².